The molecule has 2 rings (SSSR count). The predicted octanol–water partition coefficient (Wildman–Crippen LogP) is 3.51. The number of ether oxygens (including phenoxy) is 1. The molecular formula is C14H14BrNO3S. The Kier molecular flexibility index (Phi) is 4.17. The first kappa shape index (κ1) is 15.0. The van der Waals surface area contributed by atoms with Crippen molar-refractivity contribution in [3.05, 3.63) is 52.0 Å². The van der Waals surface area contributed by atoms with E-state index in [0.29, 0.717) is 17.1 Å². The molecule has 0 heterocycles. The average molecular weight is 356 g/mol. The third-order valence-electron chi connectivity index (χ3n) is 2.83. The molecule has 106 valence electrons. The molecule has 0 spiro atoms. The smallest absolute Gasteiger partial charge is 0.238 e. The molecule has 6 heteroatoms. The lowest BCUT2D eigenvalue weighted by Gasteiger charge is -2.11. The molecule has 2 N–H and O–H groups in total. The van der Waals surface area contributed by atoms with Crippen molar-refractivity contribution >= 4 is 26.0 Å². The second-order valence-corrected chi connectivity index (χ2v) is 6.93. The highest BCUT2D eigenvalue weighted by molar-refractivity contribution is 9.10. The molecule has 0 aromatic heterocycles. The van der Waals surface area contributed by atoms with Crippen molar-refractivity contribution < 1.29 is 13.2 Å². The highest BCUT2D eigenvalue weighted by Gasteiger charge is 2.12. The van der Waals surface area contributed by atoms with Crippen molar-refractivity contribution in [2.75, 3.05) is 0 Å². The van der Waals surface area contributed by atoms with E-state index in [1.54, 1.807) is 19.1 Å². The van der Waals surface area contributed by atoms with Gasteiger partial charge in [-0.05, 0) is 55.3 Å². The first-order valence-corrected chi connectivity index (χ1v) is 8.19. The second kappa shape index (κ2) is 5.55. The molecule has 0 aliphatic carbocycles. The fraction of sp³-hybridized carbons (Fsp3) is 0.143. The van der Waals surface area contributed by atoms with Gasteiger partial charge in [0.2, 0.25) is 10.0 Å². The van der Waals surface area contributed by atoms with Crippen LogP contribution in [-0.4, -0.2) is 8.42 Å². The number of hydrogen-bond acceptors (Lipinski definition) is 3. The molecule has 0 bridgehead atoms. The molecule has 0 aliphatic heterocycles. The molecule has 20 heavy (non-hydrogen) atoms. The van der Waals surface area contributed by atoms with E-state index in [1.165, 1.54) is 6.07 Å². The Morgan fingerprint density at radius 2 is 1.75 bits per heavy atom. The van der Waals surface area contributed by atoms with Crippen LogP contribution in [0.15, 0.2) is 45.8 Å². The summed E-state index contributed by atoms with van der Waals surface area (Å²) >= 11 is 3.39. The van der Waals surface area contributed by atoms with E-state index >= 15 is 0 Å². The van der Waals surface area contributed by atoms with Crippen LogP contribution in [-0.2, 0) is 10.0 Å². The number of nitrogens with two attached hydrogens (primary N) is 1. The van der Waals surface area contributed by atoms with E-state index in [9.17, 15) is 8.42 Å². The van der Waals surface area contributed by atoms with Crippen molar-refractivity contribution in [3.63, 3.8) is 0 Å². The van der Waals surface area contributed by atoms with Gasteiger partial charge in [-0.2, -0.15) is 0 Å². The summed E-state index contributed by atoms with van der Waals surface area (Å²) in [7, 11) is -3.70. The van der Waals surface area contributed by atoms with Gasteiger partial charge in [0.05, 0.1) is 4.90 Å². The predicted molar refractivity (Wildman–Crippen MR) is 81.5 cm³/mol. The molecule has 0 aliphatic rings. The van der Waals surface area contributed by atoms with Gasteiger partial charge < -0.3 is 4.74 Å². The van der Waals surface area contributed by atoms with Gasteiger partial charge in [0.25, 0.3) is 0 Å². The standard InChI is InChI=1S/C14H14BrNO3S/c1-9-3-4-11(15)8-13(9)19-12-5-6-14(10(2)7-12)20(16,17)18/h3-8H,1-2H3,(H2,16,17,18). The topological polar surface area (TPSA) is 69.4 Å². The minimum absolute atomic E-state index is 0.107. The van der Waals surface area contributed by atoms with Crippen LogP contribution < -0.4 is 9.88 Å². The van der Waals surface area contributed by atoms with Gasteiger partial charge in [-0.25, -0.2) is 13.6 Å². The van der Waals surface area contributed by atoms with Gasteiger partial charge in [-0.15, -0.1) is 0 Å². The molecule has 0 amide bonds. The summed E-state index contributed by atoms with van der Waals surface area (Å²) in [6, 6.07) is 10.4. The highest BCUT2D eigenvalue weighted by atomic mass is 79.9. The zero-order valence-electron chi connectivity index (χ0n) is 11.1. The lowest BCUT2D eigenvalue weighted by molar-refractivity contribution is 0.477. The van der Waals surface area contributed by atoms with E-state index in [1.807, 2.05) is 25.1 Å². The van der Waals surface area contributed by atoms with Gasteiger partial charge in [-0.1, -0.05) is 22.0 Å². The monoisotopic (exact) mass is 355 g/mol. The number of primary sulfonamides is 1. The van der Waals surface area contributed by atoms with Crippen LogP contribution >= 0.6 is 15.9 Å². The Labute approximate surface area is 126 Å². The van der Waals surface area contributed by atoms with E-state index in [2.05, 4.69) is 15.9 Å². The van der Waals surface area contributed by atoms with Gasteiger partial charge in [0.1, 0.15) is 11.5 Å². The Hall–Kier alpha value is -1.37. The first-order chi connectivity index (χ1) is 9.27. The fourth-order valence-electron chi connectivity index (χ4n) is 1.82. The Balaban J connectivity index is 2.36. The van der Waals surface area contributed by atoms with Crippen LogP contribution in [0.3, 0.4) is 0 Å². The van der Waals surface area contributed by atoms with Crippen LogP contribution in [0.2, 0.25) is 0 Å². The average Bonchev–Trinajstić information content (AvgIpc) is 2.32. The normalized spacial score (nSPS) is 11.4. The fourth-order valence-corrected chi connectivity index (χ4v) is 2.92. The quantitative estimate of drug-likeness (QED) is 0.915. The molecule has 2 aromatic carbocycles. The highest BCUT2D eigenvalue weighted by Crippen LogP contribution is 2.29. The Bertz CT molecular complexity index is 757. The summed E-state index contributed by atoms with van der Waals surface area (Å²) in [6.45, 7) is 3.62. The van der Waals surface area contributed by atoms with E-state index in [0.717, 1.165) is 10.0 Å². The maximum absolute atomic E-state index is 11.4. The molecule has 0 unspecified atom stereocenters. The number of hydrogen-bond donors (Lipinski definition) is 1. The third-order valence-corrected chi connectivity index (χ3v) is 4.40. The number of benzene rings is 2. The molecule has 0 radical (unpaired) electrons. The van der Waals surface area contributed by atoms with Crippen molar-refractivity contribution in [2.24, 2.45) is 5.14 Å². The summed E-state index contributed by atoms with van der Waals surface area (Å²) in [5.74, 6) is 1.28. The number of rotatable bonds is 3. The van der Waals surface area contributed by atoms with E-state index < -0.39 is 10.0 Å². The van der Waals surface area contributed by atoms with Crippen LogP contribution in [0.25, 0.3) is 0 Å². The van der Waals surface area contributed by atoms with Crippen LogP contribution in [0, 0.1) is 13.8 Å². The third kappa shape index (κ3) is 3.39. The molecule has 0 fully saturated rings. The SMILES string of the molecule is Cc1ccc(Br)cc1Oc1ccc(S(N)(=O)=O)c(C)c1. The van der Waals surface area contributed by atoms with Crippen LogP contribution in [0.4, 0.5) is 0 Å². The van der Waals surface area contributed by atoms with Gasteiger partial charge in [0, 0.05) is 4.47 Å². The summed E-state index contributed by atoms with van der Waals surface area (Å²) in [5.41, 5.74) is 1.54. The van der Waals surface area contributed by atoms with Crippen LogP contribution in [0.5, 0.6) is 11.5 Å². The second-order valence-electron chi connectivity index (χ2n) is 4.48. The van der Waals surface area contributed by atoms with Crippen molar-refractivity contribution in [1.29, 1.82) is 0 Å². The molecule has 2 aromatic rings. The Morgan fingerprint density at radius 3 is 2.35 bits per heavy atom. The lowest BCUT2D eigenvalue weighted by Crippen LogP contribution is -2.13. The summed E-state index contributed by atoms with van der Waals surface area (Å²) in [6.07, 6.45) is 0. The zero-order valence-corrected chi connectivity index (χ0v) is 13.5. The molecule has 0 saturated carbocycles. The summed E-state index contributed by atoms with van der Waals surface area (Å²) in [5, 5.41) is 5.13. The first-order valence-electron chi connectivity index (χ1n) is 5.85. The minimum Gasteiger partial charge on any atom is -0.457 e. The van der Waals surface area contributed by atoms with Crippen molar-refractivity contribution in [2.45, 2.75) is 18.7 Å². The number of aryl methyl sites for hydroxylation is 2. The number of halogens is 1. The van der Waals surface area contributed by atoms with Crippen molar-refractivity contribution in [3.8, 4) is 11.5 Å². The zero-order chi connectivity index (χ0) is 14.9. The summed E-state index contributed by atoms with van der Waals surface area (Å²) in [4.78, 5) is 0.107. The lowest BCUT2D eigenvalue weighted by atomic mass is 10.2. The number of sulfonamides is 1. The summed E-state index contributed by atoms with van der Waals surface area (Å²) < 4.78 is 29.4. The Morgan fingerprint density at radius 1 is 1.05 bits per heavy atom. The minimum atomic E-state index is -3.70. The van der Waals surface area contributed by atoms with Crippen LogP contribution in [0.1, 0.15) is 11.1 Å². The molecular weight excluding hydrogens is 342 g/mol. The van der Waals surface area contributed by atoms with E-state index in [-0.39, 0.29) is 4.90 Å². The van der Waals surface area contributed by atoms with Gasteiger partial charge >= 0.3 is 0 Å². The molecule has 0 saturated heterocycles. The van der Waals surface area contributed by atoms with E-state index in [4.69, 9.17) is 9.88 Å². The maximum Gasteiger partial charge on any atom is 0.238 e. The largest absolute Gasteiger partial charge is 0.457 e. The maximum atomic E-state index is 11.4. The van der Waals surface area contributed by atoms with Crippen molar-refractivity contribution in [1.82, 2.24) is 0 Å². The van der Waals surface area contributed by atoms with Gasteiger partial charge in [0.15, 0.2) is 0 Å². The molecule has 4 nitrogen and oxygen atoms in total. The molecule has 0 atom stereocenters. The van der Waals surface area contributed by atoms with Gasteiger partial charge in [-0.3, -0.25) is 0 Å².